The first-order chi connectivity index (χ1) is 6.41. The molecule has 0 fully saturated rings. The van der Waals surface area contributed by atoms with Crippen LogP contribution in [0.25, 0.3) is 0 Å². The van der Waals surface area contributed by atoms with Gasteiger partial charge in [-0.3, -0.25) is 4.98 Å². The quantitative estimate of drug-likeness (QED) is 0.781. The molecule has 78 valence electrons. The highest BCUT2D eigenvalue weighted by Crippen LogP contribution is 2.20. The Kier molecular flexibility index (Phi) is 3.27. The average Bonchev–Trinajstić information content (AvgIpc) is 2.07. The van der Waals surface area contributed by atoms with Crippen LogP contribution in [0.5, 0.6) is 0 Å². The number of hydrogen-bond acceptors (Lipinski definition) is 2. The minimum absolute atomic E-state index is 0.143. The van der Waals surface area contributed by atoms with Gasteiger partial charge in [0.1, 0.15) is 0 Å². The molecule has 1 unspecified atom stereocenters. The van der Waals surface area contributed by atoms with Gasteiger partial charge in [-0.25, -0.2) is 0 Å². The maximum Gasteiger partial charge on any atom is 0.0448 e. The molecule has 2 heteroatoms. The molecule has 0 aromatic carbocycles. The van der Waals surface area contributed by atoms with Gasteiger partial charge in [-0.15, -0.1) is 0 Å². The minimum Gasteiger partial charge on any atom is -0.327 e. The summed E-state index contributed by atoms with van der Waals surface area (Å²) in [6.45, 7) is 8.57. The smallest absolute Gasteiger partial charge is 0.0448 e. The summed E-state index contributed by atoms with van der Waals surface area (Å²) < 4.78 is 0. The number of pyridine rings is 1. The van der Waals surface area contributed by atoms with Crippen molar-refractivity contribution in [1.82, 2.24) is 4.98 Å². The fourth-order valence-corrected chi connectivity index (χ4v) is 1.25. The average molecular weight is 192 g/mol. The zero-order valence-electron chi connectivity index (χ0n) is 9.54. The van der Waals surface area contributed by atoms with E-state index < -0.39 is 0 Å². The van der Waals surface area contributed by atoms with Crippen LogP contribution in [0.2, 0.25) is 0 Å². The van der Waals surface area contributed by atoms with Crippen molar-refractivity contribution in [2.75, 3.05) is 0 Å². The van der Waals surface area contributed by atoms with Crippen molar-refractivity contribution in [1.29, 1.82) is 0 Å². The largest absolute Gasteiger partial charge is 0.327 e. The fraction of sp³-hybridized carbons (Fsp3) is 0.583. The lowest BCUT2D eigenvalue weighted by Gasteiger charge is -2.27. The minimum atomic E-state index is 0.143. The molecule has 1 atom stereocenters. The van der Waals surface area contributed by atoms with Gasteiger partial charge < -0.3 is 5.73 Å². The molecule has 0 saturated heterocycles. The maximum atomic E-state index is 6.11. The maximum absolute atomic E-state index is 6.11. The first-order valence-corrected chi connectivity index (χ1v) is 5.07. The topological polar surface area (TPSA) is 38.9 Å². The Hall–Kier alpha value is -0.890. The van der Waals surface area contributed by atoms with Gasteiger partial charge in [-0.1, -0.05) is 26.8 Å². The highest BCUT2D eigenvalue weighted by molar-refractivity contribution is 5.18. The number of aryl methyl sites for hydroxylation is 1. The van der Waals surface area contributed by atoms with Crippen LogP contribution in [0.15, 0.2) is 18.3 Å². The SMILES string of the molecule is Cc1cccnc1CC(N)C(C)(C)C. The Balaban J connectivity index is 2.75. The monoisotopic (exact) mass is 192 g/mol. The predicted molar refractivity (Wildman–Crippen MR) is 60.1 cm³/mol. The first kappa shape index (κ1) is 11.2. The molecule has 2 nitrogen and oxygen atoms in total. The third-order valence-corrected chi connectivity index (χ3v) is 2.64. The van der Waals surface area contributed by atoms with E-state index in [2.05, 4.69) is 38.7 Å². The lowest BCUT2D eigenvalue weighted by molar-refractivity contribution is 0.316. The third-order valence-electron chi connectivity index (χ3n) is 2.64. The van der Waals surface area contributed by atoms with Crippen molar-refractivity contribution in [2.45, 2.75) is 40.2 Å². The zero-order chi connectivity index (χ0) is 10.8. The van der Waals surface area contributed by atoms with Gasteiger partial charge in [-0.2, -0.15) is 0 Å². The number of rotatable bonds is 2. The molecule has 1 aromatic rings. The van der Waals surface area contributed by atoms with E-state index in [9.17, 15) is 0 Å². The van der Waals surface area contributed by atoms with E-state index in [1.807, 2.05) is 12.3 Å². The van der Waals surface area contributed by atoms with Crippen LogP contribution in [0, 0.1) is 12.3 Å². The molecule has 0 radical (unpaired) electrons. The molecule has 1 aromatic heterocycles. The Morgan fingerprint density at radius 3 is 2.57 bits per heavy atom. The molecule has 0 amide bonds. The first-order valence-electron chi connectivity index (χ1n) is 5.07. The summed E-state index contributed by atoms with van der Waals surface area (Å²) in [7, 11) is 0. The second-order valence-corrected chi connectivity index (χ2v) is 4.94. The number of aromatic nitrogens is 1. The van der Waals surface area contributed by atoms with E-state index in [1.165, 1.54) is 5.56 Å². The lowest BCUT2D eigenvalue weighted by atomic mass is 9.84. The zero-order valence-corrected chi connectivity index (χ0v) is 9.54. The van der Waals surface area contributed by atoms with Crippen molar-refractivity contribution >= 4 is 0 Å². The van der Waals surface area contributed by atoms with Gasteiger partial charge >= 0.3 is 0 Å². The molecular weight excluding hydrogens is 172 g/mol. The van der Waals surface area contributed by atoms with Crippen LogP contribution in [0.1, 0.15) is 32.0 Å². The summed E-state index contributed by atoms with van der Waals surface area (Å²) in [4.78, 5) is 4.35. The van der Waals surface area contributed by atoms with Gasteiger partial charge in [0.25, 0.3) is 0 Å². The van der Waals surface area contributed by atoms with E-state index in [0.29, 0.717) is 0 Å². The van der Waals surface area contributed by atoms with Crippen LogP contribution in [0.4, 0.5) is 0 Å². The van der Waals surface area contributed by atoms with Crippen LogP contribution in [-0.4, -0.2) is 11.0 Å². The molecule has 1 heterocycles. The number of nitrogens with two attached hydrogens (primary N) is 1. The highest BCUT2D eigenvalue weighted by Gasteiger charge is 2.21. The molecular formula is C12H20N2. The van der Waals surface area contributed by atoms with Crippen LogP contribution in [0.3, 0.4) is 0 Å². The van der Waals surface area contributed by atoms with E-state index in [1.54, 1.807) is 0 Å². The van der Waals surface area contributed by atoms with Crippen molar-refractivity contribution in [3.8, 4) is 0 Å². The Labute approximate surface area is 86.5 Å². The Morgan fingerprint density at radius 2 is 2.07 bits per heavy atom. The van der Waals surface area contributed by atoms with E-state index >= 15 is 0 Å². The normalized spacial score (nSPS) is 14.1. The molecule has 0 aliphatic rings. The molecule has 0 saturated carbocycles. The van der Waals surface area contributed by atoms with Gasteiger partial charge in [-0.05, 0) is 24.0 Å². The second kappa shape index (κ2) is 4.09. The number of nitrogens with zero attached hydrogens (tertiary/aromatic N) is 1. The summed E-state index contributed by atoms with van der Waals surface area (Å²) in [6, 6.07) is 4.20. The van der Waals surface area contributed by atoms with Crippen molar-refractivity contribution in [2.24, 2.45) is 11.1 Å². The molecule has 0 aliphatic carbocycles. The van der Waals surface area contributed by atoms with Crippen molar-refractivity contribution in [3.05, 3.63) is 29.6 Å². The standard InChI is InChI=1S/C12H20N2/c1-9-6-5-7-14-10(9)8-11(13)12(2,3)4/h5-7,11H,8,13H2,1-4H3. The third kappa shape index (κ3) is 2.81. The van der Waals surface area contributed by atoms with Crippen LogP contribution < -0.4 is 5.73 Å². The molecule has 14 heavy (non-hydrogen) atoms. The van der Waals surface area contributed by atoms with E-state index in [-0.39, 0.29) is 11.5 Å². The second-order valence-electron chi connectivity index (χ2n) is 4.94. The summed E-state index contributed by atoms with van der Waals surface area (Å²) in [5.74, 6) is 0. The van der Waals surface area contributed by atoms with E-state index in [0.717, 1.165) is 12.1 Å². The summed E-state index contributed by atoms with van der Waals surface area (Å²) in [5.41, 5.74) is 8.60. The van der Waals surface area contributed by atoms with Gasteiger partial charge in [0, 0.05) is 24.4 Å². The lowest BCUT2D eigenvalue weighted by Crippen LogP contribution is -2.37. The van der Waals surface area contributed by atoms with E-state index in [4.69, 9.17) is 5.73 Å². The predicted octanol–water partition coefficient (Wildman–Crippen LogP) is 2.31. The van der Waals surface area contributed by atoms with Gasteiger partial charge in [0.15, 0.2) is 0 Å². The van der Waals surface area contributed by atoms with Gasteiger partial charge in [0.05, 0.1) is 0 Å². The Bertz CT molecular complexity index is 299. The molecule has 1 rings (SSSR count). The molecule has 0 aliphatic heterocycles. The van der Waals surface area contributed by atoms with Gasteiger partial charge in [0.2, 0.25) is 0 Å². The summed E-state index contributed by atoms with van der Waals surface area (Å²) in [5, 5.41) is 0. The fourth-order valence-electron chi connectivity index (χ4n) is 1.25. The molecule has 0 bridgehead atoms. The highest BCUT2D eigenvalue weighted by atomic mass is 14.7. The van der Waals surface area contributed by atoms with Crippen LogP contribution in [-0.2, 0) is 6.42 Å². The van der Waals surface area contributed by atoms with Crippen molar-refractivity contribution in [3.63, 3.8) is 0 Å². The Morgan fingerprint density at radius 1 is 1.43 bits per heavy atom. The molecule has 0 spiro atoms. The summed E-state index contributed by atoms with van der Waals surface area (Å²) in [6.07, 6.45) is 2.69. The summed E-state index contributed by atoms with van der Waals surface area (Å²) >= 11 is 0. The van der Waals surface area contributed by atoms with Crippen molar-refractivity contribution < 1.29 is 0 Å². The molecule has 2 N–H and O–H groups in total. The number of hydrogen-bond donors (Lipinski definition) is 1. The van der Waals surface area contributed by atoms with Crippen LogP contribution >= 0.6 is 0 Å².